The van der Waals surface area contributed by atoms with Crippen LogP contribution >= 0.6 is 0 Å². The quantitative estimate of drug-likeness (QED) is 0.495. The van der Waals surface area contributed by atoms with E-state index in [4.69, 9.17) is 0 Å². The normalized spacial score (nSPS) is 17.2. The topological polar surface area (TPSA) is 37.3 Å². The van der Waals surface area contributed by atoms with E-state index in [9.17, 15) is 9.90 Å². The highest BCUT2D eigenvalue weighted by Crippen LogP contribution is 2.20. The third kappa shape index (κ3) is 3.94. The zero-order valence-electron chi connectivity index (χ0n) is 7.37. The molecule has 0 heterocycles. The highest BCUT2D eigenvalue weighted by molar-refractivity contribution is 5.64. The predicted octanol–water partition coefficient (Wildman–Crippen LogP) is 1.54. The molecular formula is C9H16O2. The zero-order valence-corrected chi connectivity index (χ0v) is 7.37. The molecule has 0 aromatic carbocycles. The molecule has 0 amide bonds. The Balaban J connectivity index is 3.91. The Labute approximate surface area is 67.9 Å². The van der Waals surface area contributed by atoms with Crippen molar-refractivity contribution in [2.45, 2.75) is 32.8 Å². The molecule has 0 aliphatic carbocycles. The van der Waals surface area contributed by atoms with Crippen LogP contribution in [-0.4, -0.2) is 17.0 Å². The Morgan fingerprint density at radius 1 is 1.55 bits per heavy atom. The van der Waals surface area contributed by atoms with Gasteiger partial charge in [-0.25, -0.2) is 0 Å². The van der Waals surface area contributed by atoms with Crippen LogP contribution in [0.1, 0.15) is 27.2 Å². The number of hydrogen-bond donors (Lipinski definition) is 1. The van der Waals surface area contributed by atoms with Crippen LogP contribution in [-0.2, 0) is 4.79 Å². The first-order chi connectivity index (χ1) is 5.00. The van der Waals surface area contributed by atoms with Crippen LogP contribution < -0.4 is 0 Å². The highest BCUT2D eigenvalue weighted by Gasteiger charge is 2.22. The first-order valence-corrected chi connectivity index (χ1v) is 3.83. The molecule has 0 aromatic heterocycles. The fourth-order valence-corrected chi connectivity index (χ4v) is 0.598. The molecule has 0 aromatic rings. The van der Waals surface area contributed by atoms with Gasteiger partial charge in [-0.2, -0.15) is 0 Å². The molecule has 0 aliphatic heterocycles. The predicted molar refractivity (Wildman–Crippen MR) is 45.3 cm³/mol. The first-order valence-electron chi connectivity index (χ1n) is 3.83. The van der Waals surface area contributed by atoms with Crippen molar-refractivity contribution < 1.29 is 9.90 Å². The molecule has 1 N–H and O–H groups in total. The van der Waals surface area contributed by atoms with Gasteiger partial charge in [-0.05, 0) is 25.3 Å². The summed E-state index contributed by atoms with van der Waals surface area (Å²) in [7, 11) is 0. The summed E-state index contributed by atoms with van der Waals surface area (Å²) in [6.45, 7) is 5.68. The van der Waals surface area contributed by atoms with Crippen LogP contribution in [0.2, 0.25) is 0 Å². The maximum atomic E-state index is 9.89. The van der Waals surface area contributed by atoms with Gasteiger partial charge in [0.25, 0.3) is 0 Å². The van der Waals surface area contributed by atoms with Gasteiger partial charge in [0.05, 0.1) is 5.60 Å². The largest absolute Gasteiger partial charge is 0.390 e. The molecule has 0 saturated heterocycles. The van der Waals surface area contributed by atoms with E-state index in [-0.39, 0.29) is 5.92 Å². The minimum absolute atomic E-state index is 0.207. The molecule has 0 rings (SSSR count). The Morgan fingerprint density at radius 2 is 2.09 bits per heavy atom. The van der Waals surface area contributed by atoms with E-state index in [0.717, 1.165) is 6.29 Å². The van der Waals surface area contributed by atoms with Crippen molar-refractivity contribution in [1.82, 2.24) is 0 Å². The zero-order chi connectivity index (χ0) is 8.91. The van der Waals surface area contributed by atoms with E-state index < -0.39 is 5.60 Å². The van der Waals surface area contributed by atoms with Crippen molar-refractivity contribution >= 4 is 6.29 Å². The Hall–Kier alpha value is -0.630. The molecule has 1 unspecified atom stereocenters. The Bertz CT molecular complexity index is 146. The number of rotatable bonds is 4. The monoisotopic (exact) mass is 156 g/mol. The van der Waals surface area contributed by atoms with Crippen molar-refractivity contribution in [3.05, 3.63) is 12.2 Å². The SMILES string of the molecule is CC(C)C(C)(O)C/C=C/C=O. The van der Waals surface area contributed by atoms with E-state index in [1.165, 1.54) is 6.08 Å². The van der Waals surface area contributed by atoms with Gasteiger partial charge in [-0.15, -0.1) is 0 Å². The van der Waals surface area contributed by atoms with E-state index in [0.29, 0.717) is 6.42 Å². The summed E-state index contributed by atoms with van der Waals surface area (Å²) >= 11 is 0. The summed E-state index contributed by atoms with van der Waals surface area (Å²) in [5.74, 6) is 0.207. The molecule has 64 valence electrons. The number of carbonyl (C=O) groups excluding carboxylic acids is 1. The lowest BCUT2D eigenvalue weighted by Crippen LogP contribution is -2.29. The maximum absolute atomic E-state index is 9.89. The summed E-state index contributed by atoms with van der Waals surface area (Å²) in [4.78, 5) is 9.89. The van der Waals surface area contributed by atoms with E-state index >= 15 is 0 Å². The molecule has 0 radical (unpaired) electrons. The van der Waals surface area contributed by atoms with Crippen LogP contribution in [0.5, 0.6) is 0 Å². The number of hydrogen-bond acceptors (Lipinski definition) is 2. The van der Waals surface area contributed by atoms with Gasteiger partial charge in [0.1, 0.15) is 6.29 Å². The minimum Gasteiger partial charge on any atom is -0.390 e. The van der Waals surface area contributed by atoms with Crippen LogP contribution in [0.25, 0.3) is 0 Å². The average Bonchev–Trinajstić information content (AvgIpc) is 1.88. The lowest BCUT2D eigenvalue weighted by atomic mass is 9.89. The molecule has 0 spiro atoms. The molecule has 2 heteroatoms. The van der Waals surface area contributed by atoms with Gasteiger partial charge in [-0.3, -0.25) is 4.79 Å². The number of allylic oxidation sites excluding steroid dienone is 1. The second kappa shape index (κ2) is 4.29. The van der Waals surface area contributed by atoms with Crippen molar-refractivity contribution in [3.8, 4) is 0 Å². The lowest BCUT2D eigenvalue weighted by molar-refractivity contribution is -0.104. The fourth-order valence-electron chi connectivity index (χ4n) is 0.598. The molecular weight excluding hydrogens is 140 g/mol. The lowest BCUT2D eigenvalue weighted by Gasteiger charge is -2.25. The molecule has 0 fully saturated rings. The molecule has 0 bridgehead atoms. The summed E-state index contributed by atoms with van der Waals surface area (Å²) in [5.41, 5.74) is -0.695. The first kappa shape index (κ1) is 10.4. The summed E-state index contributed by atoms with van der Waals surface area (Å²) in [5, 5.41) is 9.65. The van der Waals surface area contributed by atoms with Crippen molar-refractivity contribution in [1.29, 1.82) is 0 Å². The smallest absolute Gasteiger partial charge is 0.142 e. The number of aliphatic hydroxyl groups is 1. The molecule has 2 nitrogen and oxygen atoms in total. The van der Waals surface area contributed by atoms with E-state index in [2.05, 4.69) is 0 Å². The maximum Gasteiger partial charge on any atom is 0.142 e. The number of aldehydes is 1. The van der Waals surface area contributed by atoms with Crippen LogP contribution in [0.4, 0.5) is 0 Å². The van der Waals surface area contributed by atoms with Gasteiger partial charge in [0, 0.05) is 0 Å². The fraction of sp³-hybridized carbons (Fsp3) is 0.667. The van der Waals surface area contributed by atoms with Crippen LogP contribution in [0.15, 0.2) is 12.2 Å². The number of carbonyl (C=O) groups is 1. The molecule has 1 atom stereocenters. The van der Waals surface area contributed by atoms with Crippen molar-refractivity contribution in [2.75, 3.05) is 0 Å². The van der Waals surface area contributed by atoms with Gasteiger partial charge in [0.2, 0.25) is 0 Å². The van der Waals surface area contributed by atoms with Gasteiger partial charge < -0.3 is 5.11 Å². The van der Waals surface area contributed by atoms with Gasteiger partial charge in [-0.1, -0.05) is 19.9 Å². The second-order valence-electron chi connectivity index (χ2n) is 3.28. The van der Waals surface area contributed by atoms with Crippen LogP contribution in [0, 0.1) is 5.92 Å². The van der Waals surface area contributed by atoms with Crippen LogP contribution in [0.3, 0.4) is 0 Å². The molecule has 0 saturated carbocycles. The second-order valence-corrected chi connectivity index (χ2v) is 3.28. The highest BCUT2D eigenvalue weighted by atomic mass is 16.3. The standard InChI is InChI=1S/C9H16O2/c1-8(2)9(3,11)6-4-5-7-10/h4-5,7-8,11H,6H2,1-3H3/b5-4+. The van der Waals surface area contributed by atoms with E-state index in [1.807, 2.05) is 13.8 Å². The summed E-state index contributed by atoms with van der Waals surface area (Å²) in [6, 6.07) is 0. The van der Waals surface area contributed by atoms with Crippen molar-refractivity contribution in [3.63, 3.8) is 0 Å². The molecule has 0 aliphatic rings. The summed E-state index contributed by atoms with van der Waals surface area (Å²) < 4.78 is 0. The Kier molecular flexibility index (Phi) is 4.04. The average molecular weight is 156 g/mol. The third-order valence-corrected chi connectivity index (χ3v) is 1.99. The molecule has 11 heavy (non-hydrogen) atoms. The summed E-state index contributed by atoms with van der Waals surface area (Å²) in [6.07, 6.45) is 4.35. The minimum atomic E-state index is -0.695. The van der Waals surface area contributed by atoms with Gasteiger partial charge >= 0.3 is 0 Å². The van der Waals surface area contributed by atoms with Crippen molar-refractivity contribution in [2.24, 2.45) is 5.92 Å². The van der Waals surface area contributed by atoms with Gasteiger partial charge in [0.15, 0.2) is 0 Å². The third-order valence-electron chi connectivity index (χ3n) is 1.99. The van der Waals surface area contributed by atoms with E-state index in [1.54, 1.807) is 13.0 Å². The Morgan fingerprint density at radius 3 is 2.45 bits per heavy atom.